The molecule has 1 aromatic rings. The van der Waals surface area contributed by atoms with Crippen molar-refractivity contribution in [3.63, 3.8) is 0 Å². The number of rotatable bonds is 1. The Balaban J connectivity index is 1.67. The molecule has 1 atom stereocenters. The van der Waals surface area contributed by atoms with Crippen LogP contribution in [0.4, 0.5) is 0 Å². The largest absolute Gasteiger partial charge is 0.361 e. The summed E-state index contributed by atoms with van der Waals surface area (Å²) in [5, 5.41) is 3.56. The lowest BCUT2D eigenvalue weighted by Crippen LogP contribution is -2.30. The van der Waals surface area contributed by atoms with Crippen LogP contribution in [0.3, 0.4) is 0 Å². The van der Waals surface area contributed by atoms with Crippen LogP contribution in [0, 0.1) is 0 Å². The van der Waals surface area contributed by atoms with E-state index in [1.165, 1.54) is 10.6 Å². The first-order chi connectivity index (χ1) is 11.7. The molecule has 0 saturated heterocycles. The Bertz CT molecular complexity index is 849. The molecule has 1 N–H and O–H groups in total. The molecule has 24 heavy (non-hydrogen) atoms. The molecule has 1 unspecified atom stereocenters. The molecule has 0 fully saturated rings. The van der Waals surface area contributed by atoms with Crippen molar-refractivity contribution in [2.45, 2.75) is 44.4 Å². The third-order valence-electron chi connectivity index (χ3n) is 5.60. The van der Waals surface area contributed by atoms with Gasteiger partial charge in [0.25, 0.3) is 0 Å². The first-order valence-corrected chi connectivity index (χ1v) is 9.76. The molecule has 2 aliphatic heterocycles. The second-order valence-electron chi connectivity index (χ2n) is 7.01. The van der Waals surface area contributed by atoms with Gasteiger partial charge < -0.3 is 5.32 Å². The second kappa shape index (κ2) is 5.35. The molecule has 0 spiro atoms. The highest BCUT2D eigenvalue weighted by Crippen LogP contribution is 2.50. The number of carbonyl (C=O) groups excluding carboxylic acids is 2. The van der Waals surface area contributed by atoms with Gasteiger partial charge in [0.05, 0.1) is 0 Å². The highest BCUT2D eigenvalue weighted by atomic mass is 32.2. The van der Waals surface area contributed by atoms with Gasteiger partial charge >= 0.3 is 0 Å². The lowest BCUT2D eigenvalue weighted by molar-refractivity contribution is -0.116. The van der Waals surface area contributed by atoms with E-state index in [9.17, 15) is 9.59 Å². The summed E-state index contributed by atoms with van der Waals surface area (Å²) in [6.07, 6.45) is 5.08. The topological polar surface area (TPSA) is 46.2 Å². The van der Waals surface area contributed by atoms with Crippen LogP contribution in [0.1, 0.15) is 59.5 Å². The molecule has 1 aromatic carbocycles. The Kier molecular flexibility index (Phi) is 3.24. The normalized spacial score (nSPS) is 25.6. The lowest BCUT2D eigenvalue weighted by atomic mass is 9.78. The van der Waals surface area contributed by atoms with E-state index in [0.717, 1.165) is 59.4 Å². The zero-order valence-corrected chi connectivity index (χ0v) is 14.3. The van der Waals surface area contributed by atoms with E-state index in [4.69, 9.17) is 0 Å². The quantitative estimate of drug-likeness (QED) is 0.845. The SMILES string of the molecule is O=C1CCCC2=C1C(c1ccc3c(c1)C(=O)CC3)C1=C(CCS1)N2. The summed E-state index contributed by atoms with van der Waals surface area (Å²) in [6.45, 7) is 0. The number of dihydropyridines is 1. The van der Waals surface area contributed by atoms with Gasteiger partial charge in [0, 0.05) is 51.9 Å². The van der Waals surface area contributed by atoms with Gasteiger partial charge in [-0.15, -0.1) is 11.8 Å². The summed E-state index contributed by atoms with van der Waals surface area (Å²) in [6, 6.07) is 6.31. The van der Waals surface area contributed by atoms with Crippen LogP contribution in [-0.2, 0) is 11.2 Å². The molecule has 5 rings (SSSR count). The molecule has 0 amide bonds. The van der Waals surface area contributed by atoms with Crippen LogP contribution in [0.5, 0.6) is 0 Å². The van der Waals surface area contributed by atoms with Crippen molar-refractivity contribution >= 4 is 23.3 Å². The number of aryl methyl sites for hydroxylation is 1. The van der Waals surface area contributed by atoms with E-state index in [1.807, 2.05) is 11.8 Å². The monoisotopic (exact) mass is 337 g/mol. The molecule has 2 aliphatic carbocycles. The lowest BCUT2D eigenvalue weighted by Gasteiger charge is -2.33. The number of hydrogen-bond donors (Lipinski definition) is 1. The molecular weight excluding hydrogens is 318 g/mol. The minimum Gasteiger partial charge on any atom is -0.361 e. The molecule has 4 heteroatoms. The highest BCUT2D eigenvalue weighted by Gasteiger charge is 2.38. The van der Waals surface area contributed by atoms with E-state index < -0.39 is 0 Å². The number of carbonyl (C=O) groups is 2. The molecule has 0 saturated carbocycles. The molecule has 3 nitrogen and oxygen atoms in total. The summed E-state index contributed by atoms with van der Waals surface area (Å²) < 4.78 is 0. The maximum absolute atomic E-state index is 12.7. The van der Waals surface area contributed by atoms with Crippen LogP contribution < -0.4 is 5.32 Å². The van der Waals surface area contributed by atoms with Crippen LogP contribution in [-0.4, -0.2) is 17.3 Å². The van der Waals surface area contributed by atoms with Crippen LogP contribution in [0.15, 0.2) is 40.1 Å². The van der Waals surface area contributed by atoms with Gasteiger partial charge in [-0.05, 0) is 42.9 Å². The van der Waals surface area contributed by atoms with Crippen molar-refractivity contribution in [1.29, 1.82) is 0 Å². The molecule has 0 bridgehead atoms. The molecule has 2 heterocycles. The molecular formula is C20H19NO2S. The Labute approximate surface area is 145 Å². The summed E-state index contributed by atoms with van der Waals surface area (Å²) in [5.41, 5.74) is 6.54. The summed E-state index contributed by atoms with van der Waals surface area (Å²) in [5.74, 6) is 1.64. The zero-order chi connectivity index (χ0) is 16.3. The summed E-state index contributed by atoms with van der Waals surface area (Å²) in [4.78, 5) is 26.2. The predicted molar refractivity (Wildman–Crippen MR) is 95.0 cm³/mol. The van der Waals surface area contributed by atoms with Gasteiger partial charge in [-0.1, -0.05) is 12.1 Å². The van der Waals surface area contributed by atoms with Gasteiger partial charge in [0.1, 0.15) is 0 Å². The van der Waals surface area contributed by atoms with E-state index in [1.54, 1.807) is 0 Å². The van der Waals surface area contributed by atoms with Crippen molar-refractivity contribution in [3.05, 3.63) is 56.8 Å². The third kappa shape index (κ3) is 2.05. The number of ketones is 2. The number of nitrogens with one attached hydrogen (secondary N) is 1. The third-order valence-corrected chi connectivity index (χ3v) is 6.81. The Morgan fingerprint density at radius 1 is 0.958 bits per heavy atom. The van der Waals surface area contributed by atoms with E-state index in [0.29, 0.717) is 12.8 Å². The minimum atomic E-state index is 0.0373. The molecule has 122 valence electrons. The van der Waals surface area contributed by atoms with E-state index >= 15 is 0 Å². The average Bonchev–Trinajstić information content (AvgIpc) is 3.20. The number of allylic oxidation sites excluding steroid dienone is 4. The number of fused-ring (bicyclic) bond motifs is 1. The smallest absolute Gasteiger partial charge is 0.163 e. The zero-order valence-electron chi connectivity index (χ0n) is 13.5. The Morgan fingerprint density at radius 2 is 1.88 bits per heavy atom. The summed E-state index contributed by atoms with van der Waals surface area (Å²) >= 11 is 1.87. The summed E-state index contributed by atoms with van der Waals surface area (Å²) in [7, 11) is 0. The van der Waals surface area contributed by atoms with E-state index in [2.05, 4.69) is 23.5 Å². The predicted octanol–water partition coefficient (Wildman–Crippen LogP) is 3.86. The van der Waals surface area contributed by atoms with Crippen LogP contribution in [0.25, 0.3) is 0 Å². The standard InChI is InChI=1S/C20H19NO2S/c22-16-7-6-11-4-5-12(10-13(11)16)18-19-14(2-1-3-17(19)23)21-15-8-9-24-20(15)18/h4-5,10,18,21H,1-3,6-9H2. The molecule has 0 radical (unpaired) electrons. The fourth-order valence-electron chi connectivity index (χ4n) is 4.45. The van der Waals surface area contributed by atoms with Gasteiger partial charge in [-0.2, -0.15) is 0 Å². The average molecular weight is 337 g/mol. The first kappa shape index (κ1) is 14.5. The fourth-order valence-corrected chi connectivity index (χ4v) is 5.72. The van der Waals surface area contributed by atoms with Crippen molar-refractivity contribution in [2.75, 3.05) is 5.75 Å². The van der Waals surface area contributed by atoms with E-state index in [-0.39, 0.29) is 17.5 Å². The Hall–Kier alpha value is -1.81. The van der Waals surface area contributed by atoms with Crippen molar-refractivity contribution in [2.24, 2.45) is 0 Å². The first-order valence-electron chi connectivity index (χ1n) is 8.77. The van der Waals surface area contributed by atoms with Gasteiger partial charge in [-0.3, -0.25) is 9.59 Å². The fraction of sp³-hybridized carbons (Fsp3) is 0.400. The second-order valence-corrected chi connectivity index (χ2v) is 8.14. The van der Waals surface area contributed by atoms with Crippen LogP contribution in [0.2, 0.25) is 0 Å². The van der Waals surface area contributed by atoms with Crippen molar-refractivity contribution < 1.29 is 9.59 Å². The van der Waals surface area contributed by atoms with Gasteiger partial charge in [0.15, 0.2) is 11.6 Å². The maximum atomic E-state index is 12.7. The molecule has 4 aliphatic rings. The van der Waals surface area contributed by atoms with Gasteiger partial charge in [0.2, 0.25) is 0 Å². The van der Waals surface area contributed by atoms with Crippen LogP contribution >= 0.6 is 11.8 Å². The highest BCUT2D eigenvalue weighted by molar-refractivity contribution is 8.03. The number of benzene rings is 1. The van der Waals surface area contributed by atoms with Crippen molar-refractivity contribution in [1.82, 2.24) is 5.32 Å². The minimum absolute atomic E-state index is 0.0373. The molecule has 0 aromatic heterocycles. The maximum Gasteiger partial charge on any atom is 0.163 e. The van der Waals surface area contributed by atoms with Crippen molar-refractivity contribution in [3.8, 4) is 0 Å². The van der Waals surface area contributed by atoms with Gasteiger partial charge in [-0.25, -0.2) is 0 Å². The number of thioether (sulfide) groups is 1. The Morgan fingerprint density at radius 3 is 2.79 bits per heavy atom. The number of Topliss-reactive ketones (excluding diaryl/α,β-unsaturated/α-hetero) is 2. The number of hydrogen-bond acceptors (Lipinski definition) is 4.